The number of carbonyl (C=O) groups excluding carboxylic acids is 1. The maximum absolute atomic E-state index is 14.7. The normalized spacial score (nSPS) is 19.7. The zero-order valence-corrected chi connectivity index (χ0v) is 25.2. The van der Waals surface area contributed by atoms with Crippen molar-refractivity contribution in [3.8, 4) is 11.5 Å². The van der Waals surface area contributed by atoms with Gasteiger partial charge in [-0.15, -0.1) is 0 Å². The van der Waals surface area contributed by atoms with Gasteiger partial charge in [0.05, 0.1) is 17.6 Å². The van der Waals surface area contributed by atoms with Gasteiger partial charge in [0, 0.05) is 55.0 Å². The minimum atomic E-state index is -0.346. The molecule has 2 aliphatic rings. The predicted molar refractivity (Wildman–Crippen MR) is 166 cm³/mol. The van der Waals surface area contributed by atoms with Gasteiger partial charge in [0.15, 0.2) is 0 Å². The second kappa shape index (κ2) is 11.9. The number of pyridine rings is 1. The number of carbonyl (C=O) groups is 1. The number of halogens is 1. The van der Waals surface area contributed by atoms with Gasteiger partial charge in [-0.2, -0.15) is 0 Å². The molecule has 1 atom stereocenters. The van der Waals surface area contributed by atoms with Crippen molar-refractivity contribution in [3.05, 3.63) is 66.1 Å². The number of nitrogens with zero attached hydrogens (tertiary/aromatic N) is 4. The van der Waals surface area contributed by atoms with Crippen LogP contribution in [0, 0.1) is 11.7 Å². The van der Waals surface area contributed by atoms with E-state index in [1.165, 1.54) is 6.07 Å². The van der Waals surface area contributed by atoms with Gasteiger partial charge >= 0.3 is 0 Å². The molecular formula is C33H39FN6O3. The van der Waals surface area contributed by atoms with Gasteiger partial charge in [-0.25, -0.2) is 14.4 Å². The van der Waals surface area contributed by atoms with Crippen LogP contribution in [0.2, 0.25) is 0 Å². The first-order valence-corrected chi connectivity index (χ1v) is 15.0. The number of piperidine rings is 1. The van der Waals surface area contributed by atoms with Crippen LogP contribution in [0.3, 0.4) is 0 Å². The van der Waals surface area contributed by atoms with Gasteiger partial charge in [-0.1, -0.05) is 6.92 Å². The molecule has 2 fully saturated rings. The molecule has 2 aliphatic heterocycles. The quantitative estimate of drug-likeness (QED) is 0.247. The lowest BCUT2D eigenvalue weighted by atomic mass is 9.81. The molecule has 1 amide bonds. The highest BCUT2D eigenvalue weighted by Gasteiger charge is 2.34. The number of benzene rings is 2. The molecule has 0 aliphatic carbocycles. The Labute approximate surface area is 251 Å². The summed E-state index contributed by atoms with van der Waals surface area (Å²) in [7, 11) is 1.93. The van der Waals surface area contributed by atoms with E-state index in [0.717, 1.165) is 49.1 Å². The van der Waals surface area contributed by atoms with Gasteiger partial charge < -0.3 is 29.6 Å². The molecule has 0 saturated carbocycles. The van der Waals surface area contributed by atoms with Crippen LogP contribution in [0.1, 0.15) is 45.6 Å². The Hall–Kier alpha value is -4.02. The highest BCUT2D eigenvalue weighted by Crippen LogP contribution is 2.36. The molecule has 0 bridgehead atoms. The molecule has 2 aromatic heterocycles. The number of fused-ring (bicyclic) bond motifs is 1. The maximum Gasteiger partial charge on any atom is 0.228 e. The summed E-state index contributed by atoms with van der Waals surface area (Å²) in [6, 6.07) is 14.8. The Morgan fingerprint density at radius 3 is 2.65 bits per heavy atom. The number of aryl methyl sites for hydroxylation is 1. The number of aromatic nitrogens is 3. The highest BCUT2D eigenvalue weighted by atomic mass is 19.1. The number of rotatable bonds is 8. The second-order valence-corrected chi connectivity index (χ2v) is 12.2. The monoisotopic (exact) mass is 586 g/mol. The molecule has 226 valence electrons. The number of hydrogen-bond donors (Lipinski definition) is 2. The third-order valence-corrected chi connectivity index (χ3v) is 8.79. The number of amides is 1. The van der Waals surface area contributed by atoms with Gasteiger partial charge in [0.25, 0.3) is 0 Å². The highest BCUT2D eigenvalue weighted by molar-refractivity contribution is 5.92. The van der Waals surface area contributed by atoms with Crippen LogP contribution in [-0.2, 0) is 22.0 Å². The number of likely N-dealkylation sites (tertiary alicyclic amines) is 1. The molecule has 0 spiro atoms. The maximum atomic E-state index is 14.7. The van der Waals surface area contributed by atoms with Crippen molar-refractivity contribution < 1.29 is 18.7 Å². The Kier molecular flexibility index (Phi) is 8.07. The van der Waals surface area contributed by atoms with Gasteiger partial charge in [-0.05, 0) is 88.2 Å². The smallest absolute Gasteiger partial charge is 0.228 e. The molecule has 6 rings (SSSR count). The van der Waals surface area contributed by atoms with Gasteiger partial charge in [-0.3, -0.25) is 4.79 Å². The molecule has 2 saturated heterocycles. The van der Waals surface area contributed by atoms with E-state index in [4.69, 9.17) is 14.5 Å². The fourth-order valence-corrected chi connectivity index (χ4v) is 6.01. The van der Waals surface area contributed by atoms with Crippen molar-refractivity contribution in [1.82, 2.24) is 19.4 Å². The van der Waals surface area contributed by atoms with E-state index in [1.54, 1.807) is 24.4 Å². The summed E-state index contributed by atoms with van der Waals surface area (Å²) in [5.41, 5.74) is 2.72. The van der Waals surface area contributed by atoms with Crippen LogP contribution in [0.4, 0.5) is 21.8 Å². The van der Waals surface area contributed by atoms with Crippen LogP contribution in [0.5, 0.6) is 11.5 Å². The molecule has 2 N–H and O–H groups in total. The summed E-state index contributed by atoms with van der Waals surface area (Å²) >= 11 is 0. The summed E-state index contributed by atoms with van der Waals surface area (Å²) in [4.78, 5) is 24.4. The van der Waals surface area contributed by atoms with E-state index < -0.39 is 0 Å². The summed E-state index contributed by atoms with van der Waals surface area (Å²) in [5.74, 6) is 2.04. The van der Waals surface area contributed by atoms with Crippen molar-refractivity contribution in [3.63, 3.8) is 0 Å². The van der Waals surface area contributed by atoms with E-state index in [-0.39, 0.29) is 23.1 Å². The molecule has 2 aromatic carbocycles. The number of anilines is 3. The largest absolute Gasteiger partial charge is 0.457 e. The van der Waals surface area contributed by atoms with E-state index in [9.17, 15) is 9.18 Å². The fourth-order valence-electron chi connectivity index (χ4n) is 6.01. The van der Waals surface area contributed by atoms with E-state index in [1.807, 2.05) is 42.8 Å². The van der Waals surface area contributed by atoms with Gasteiger partial charge in [0.1, 0.15) is 23.1 Å². The lowest BCUT2D eigenvalue weighted by Crippen LogP contribution is -2.41. The lowest BCUT2D eigenvalue weighted by molar-refractivity contribution is -0.121. The minimum Gasteiger partial charge on any atom is -0.457 e. The third-order valence-electron chi connectivity index (χ3n) is 8.79. The van der Waals surface area contributed by atoms with E-state index >= 15 is 0 Å². The van der Waals surface area contributed by atoms with Crippen molar-refractivity contribution in [2.45, 2.75) is 51.5 Å². The fraction of sp³-hybridized carbons (Fsp3) is 0.424. The predicted octanol–water partition coefficient (Wildman–Crippen LogP) is 6.38. The molecule has 9 nitrogen and oxygen atoms in total. The van der Waals surface area contributed by atoms with Crippen LogP contribution >= 0.6 is 0 Å². The molecule has 10 heteroatoms. The Bertz CT molecular complexity index is 1620. The van der Waals surface area contributed by atoms with E-state index in [2.05, 4.69) is 34.4 Å². The topological polar surface area (TPSA) is 93.5 Å². The zero-order chi connectivity index (χ0) is 30.1. The summed E-state index contributed by atoms with van der Waals surface area (Å²) in [5, 5.41) is 6.32. The van der Waals surface area contributed by atoms with Crippen LogP contribution < -0.4 is 15.4 Å². The SMILES string of the molecule is CC(C)N1CCC(C(=O)Nc2cc(Oc3ccc4c(c3)nc(Nc3ccc(F)c(C5(C)CCOC5)c3)n4C)ccn2)CC1. The average Bonchev–Trinajstić information content (AvgIpc) is 3.57. The lowest BCUT2D eigenvalue weighted by Gasteiger charge is -2.33. The summed E-state index contributed by atoms with van der Waals surface area (Å²) in [6.45, 7) is 9.41. The molecule has 1 unspecified atom stereocenters. The number of imidazole rings is 1. The van der Waals surface area contributed by atoms with Crippen LogP contribution in [0.15, 0.2) is 54.7 Å². The summed E-state index contributed by atoms with van der Waals surface area (Å²) in [6.07, 6.45) is 4.10. The summed E-state index contributed by atoms with van der Waals surface area (Å²) < 4.78 is 28.4. The first kappa shape index (κ1) is 29.1. The molecule has 4 heterocycles. The first-order valence-electron chi connectivity index (χ1n) is 15.0. The van der Waals surface area contributed by atoms with Crippen molar-refractivity contribution in [2.75, 3.05) is 36.9 Å². The minimum absolute atomic E-state index is 0.00180. The van der Waals surface area contributed by atoms with Crippen molar-refractivity contribution in [1.29, 1.82) is 0 Å². The zero-order valence-electron chi connectivity index (χ0n) is 25.2. The van der Waals surface area contributed by atoms with Crippen molar-refractivity contribution >= 4 is 34.4 Å². The molecular weight excluding hydrogens is 547 g/mol. The number of hydrogen-bond acceptors (Lipinski definition) is 7. The first-order chi connectivity index (χ1) is 20.7. The van der Waals surface area contributed by atoms with Crippen LogP contribution in [-0.4, -0.2) is 57.7 Å². The van der Waals surface area contributed by atoms with Crippen LogP contribution in [0.25, 0.3) is 11.0 Å². The molecule has 43 heavy (non-hydrogen) atoms. The van der Waals surface area contributed by atoms with E-state index in [0.29, 0.717) is 48.1 Å². The number of nitrogens with one attached hydrogen (secondary N) is 2. The Balaban J connectivity index is 1.14. The molecule has 4 aromatic rings. The molecule has 0 radical (unpaired) electrons. The Morgan fingerprint density at radius 2 is 1.91 bits per heavy atom. The van der Waals surface area contributed by atoms with Crippen molar-refractivity contribution in [2.24, 2.45) is 13.0 Å². The standard InChI is InChI=1S/C33H39FN6O3/c1-21(2)40-14-10-22(11-15-40)31(41)38-30-19-25(9-13-35-30)43-24-6-8-29-28(18-24)37-32(39(29)4)36-23-5-7-27(34)26(17-23)33(3)12-16-42-20-33/h5-9,13,17-19,21-22H,10-12,14-16,20H2,1-4H3,(H,36,37)(H,35,38,41). The average molecular weight is 587 g/mol. The number of ether oxygens (including phenoxy) is 2. The third kappa shape index (κ3) is 6.21. The second-order valence-electron chi connectivity index (χ2n) is 12.2. The Morgan fingerprint density at radius 1 is 1.12 bits per heavy atom. The van der Waals surface area contributed by atoms with Gasteiger partial charge in [0.2, 0.25) is 11.9 Å².